The van der Waals surface area contributed by atoms with Crippen LogP contribution in [0.1, 0.15) is 0 Å². The third-order valence-corrected chi connectivity index (χ3v) is 6.55. The van der Waals surface area contributed by atoms with Gasteiger partial charge in [-0.05, 0) is 53.1 Å². The van der Waals surface area contributed by atoms with Crippen LogP contribution in [0.15, 0.2) is 72.1 Å². The van der Waals surface area contributed by atoms with Gasteiger partial charge in [-0.2, -0.15) is 0 Å². The molecule has 2 N–H and O–H groups in total. The van der Waals surface area contributed by atoms with Gasteiger partial charge in [-0.15, -0.1) is 0 Å². The minimum atomic E-state index is -3.71. The lowest BCUT2D eigenvalue weighted by atomic mass is 9.98. The number of fused-ring (bicyclic) bond motifs is 1. The summed E-state index contributed by atoms with van der Waals surface area (Å²) >= 11 is 0. The van der Waals surface area contributed by atoms with Crippen LogP contribution in [0.4, 0.5) is 5.82 Å². The predicted octanol–water partition coefficient (Wildman–Crippen LogP) is 3.19. The number of pyridine rings is 3. The maximum absolute atomic E-state index is 12.6. The van der Waals surface area contributed by atoms with Crippen molar-refractivity contribution in [1.29, 1.82) is 0 Å². The van der Waals surface area contributed by atoms with E-state index in [9.17, 15) is 8.42 Å². The molecule has 0 unspecified atom stereocenters. The van der Waals surface area contributed by atoms with Crippen molar-refractivity contribution >= 4 is 26.7 Å². The number of nitrogens with zero attached hydrogens (tertiary/aromatic N) is 4. The number of nitrogens with two attached hydrogens (primary N) is 1. The fraction of sp³-hybridized carbons (Fsp3) is 0.0952. The van der Waals surface area contributed by atoms with Crippen LogP contribution in [0.2, 0.25) is 0 Å². The lowest BCUT2D eigenvalue weighted by Crippen LogP contribution is -2.23. The SMILES string of the molecule is CN(C)S(=O)(=O)c1cc(-c2ccc3nccc(-c4ccncc4)c3c2)cnc1N. The van der Waals surface area contributed by atoms with E-state index in [1.165, 1.54) is 14.1 Å². The molecule has 0 amide bonds. The topological polar surface area (TPSA) is 102 Å². The molecule has 0 spiro atoms. The highest BCUT2D eigenvalue weighted by Crippen LogP contribution is 2.32. The molecule has 4 rings (SSSR count). The summed E-state index contributed by atoms with van der Waals surface area (Å²) in [5.41, 5.74) is 10.2. The quantitative estimate of drug-likeness (QED) is 0.559. The van der Waals surface area contributed by atoms with Crippen molar-refractivity contribution < 1.29 is 8.42 Å². The Morgan fingerprint density at radius 2 is 1.62 bits per heavy atom. The molecule has 0 bridgehead atoms. The van der Waals surface area contributed by atoms with E-state index < -0.39 is 10.0 Å². The van der Waals surface area contributed by atoms with Crippen molar-refractivity contribution in [2.45, 2.75) is 4.90 Å². The Hall–Kier alpha value is -3.36. The maximum Gasteiger partial charge on any atom is 0.246 e. The van der Waals surface area contributed by atoms with Crippen LogP contribution < -0.4 is 5.73 Å². The first-order valence-corrected chi connectivity index (χ1v) is 10.3. The number of aromatic nitrogens is 3. The zero-order chi connectivity index (χ0) is 20.6. The molecule has 4 aromatic rings. The summed E-state index contributed by atoms with van der Waals surface area (Å²) in [4.78, 5) is 12.6. The average molecular weight is 405 g/mol. The smallest absolute Gasteiger partial charge is 0.246 e. The molecule has 0 aliphatic carbocycles. The average Bonchev–Trinajstić information content (AvgIpc) is 2.73. The largest absolute Gasteiger partial charge is 0.383 e. The van der Waals surface area contributed by atoms with Gasteiger partial charge in [-0.3, -0.25) is 9.97 Å². The molecular formula is C21H19N5O2S. The van der Waals surface area contributed by atoms with E-state index in [2.05, 4.69) is 15.0 Å². The number of anilines is 1. The summed E-state index contributed by atoms with van der Waals surface area (Å²) in [5.74, 6) is -0.0256. The Bertz CT molecular complexity index is 1310. The first kappa shape index (κ1) is 19.0. The van der Waals surface area contributed by atoms with E-state index in [1.807, 2.05) is 36.4 Å². The number of benzene rings is 1. The molecule has 3 heterocycles. The van der Waals surface area contributed by atoms with Gasteiger partial charge in [0.15, 0.2) is 0 Å². The van der Waals surface area contributed by atoms with Crippen LogP contribution in [0.3, 0.4) is 0 Å². The fourth-order valence-corrected chi connectivity index (χ4v) is 4.11. The fourth-order valence-electron chi connectivity index (χ4n) is 3.13. The summed E-state index contributed by atoms with van der Waals surface area (Å²) in [6, 6.07) is 13.2. The summed E-state index contributed by atoms with van der Waals surface area (Å²) in [6.45, 7) is 0. The Morgan fingerprint density at radius 1 is 0.862 bits per heavy atom. The highest BCUT2D eigenvalue weighted by molar-refractivity contribution is 7.89. The molecule has 3 aromatic heterocycles. The molecule has 0 saturated carbocycles. The van der Waals surface area contributed by atoms with Gasteiger partial charge >= 0.3 is 0 Å². The van der Waals surface area contributed by atoms with Gasteiger partial charge in [0.25, 0.3) is 0 Å². The maximum atomic E-state index is 12.6. The predicted molar refractivity (Wildman–Crippen MR) is 113 cm³/mol. The summed E-state index contributed by atoms with van der Waals surface area (Å²) in [6.07, 6.45) is 6.83. The Kier molecular flexibility index (Phi) is 4.73. The Labute approximate surface area is 168 Å². The Morgan fingerprint density at radius 3 is 2.34 bits per heavy atom. The van der Waals surface area contributed by atoms with E-state index in [1.54, 1.807) is 30.9 Å². The minimum Gasteiger partial charge on any atom is -0.383 e. The number of rotatable bonds is 4. The third kappa shape index (κ3) is 3.43. The van der Waals surface area contributed by atoms with E-state index in [-0.39, 0.29) is 10.7 Å². The first-order chi connectivity index (χ1) is 13.9. The van der Waals surface area contributed by atoms with Crippen LogP contribution >= 0.6 is 0 Å². The molecule has 0 radical (unpaired) electrons. The van der Waals surface area contributed by atoms with Crippen molar-refractivity contribution in [3.63, 3.8) is 0 Å². The van der Waals surface area contributed by atoms with Gasteiger partial charge in [-0.25, -0.2) is 17.7 Å². The van der Waals surface area contributed by atoms with Gasteiger partial charge in [0, 0.05) is 49.8 Å². The van der Waals surface area contributed by atoms with Gasteiger partial charge in [0.1, 0.15) is 10.7 Å². The molecule has 0 aliphatic rings. The second-order valence-corrected chi connectivity index (χ2v) is 8.84. The van der Waals surface area contributed by atoms with Crippen molar-refractivity contribution in [3.05, 3.63) is 67.3 Å². The van der Waals surface area contributed by atoms with E-state index in [0.29, 0.717) is 5.56 Å². The van der Waals surface area contributed by atoms with Gasteiger partial charge < -0.3 is 5.73 Å². The van der Waals surface area contributed by atoms with Crippen molar-refractivity contribution in [1.82, 2.24) is 19.3 Å². The zero-order valence-electron chi connectivity index (χ0n) is 15.9. The summed E-state index contributed by atoms with van der Waals surface area (Å²) in [5, 5.41) is 0.949. The van der Waals surface area contributed by atoms with Gasteiger partial charge in [-0.1, -0.05) is 6.07 Å². The molecule has 1 aromatic carbocycles. The molecular weight excluding hydrogens is 386 g/mol. The number of hydrogen-bond donors (Lipinski definition) is 1. The van der Waals surface area contributed by atoms with Gasteiger partial charge in [0.2, 0.25) is 10.0 Å². The van der Waals surface area contributed by atoms with Crippen LogP contribution in [-0.4, -0.2) is 41.8 Å². The van der Waals surface area contributed by atoms with Crippen LogP contribution in [-0.2, 0) is 10.0 Å². The Balaban J connectivity index is 1.90. The number of sulfonamides is 1. The monoisotopic (exact) mass is 405 g/mol. The summed E-state index contributed by atoms with van der Waals surface area (Å²) in [7, 11) is -0.780. The number of hydrogen-bond acceptors (Lipinski definition) is 6. The zero-order valence-corrected chi connectivity index (χ0v) is 16.8. The van der Waals surface area contributed by atoms with Crippen molar-refractivity contribution in [3.8, 4) is 22.3 Å². The van der Waals surface area contributed by atoms with Crippen LogP contribution in [0.5, 0.6) is 0 Å². The van der Waals surface area contributed by atoms with Crippen LogP contribution in [0.25, 0.3) is 33.2 Å². The minimum absolute atomic E-state index is 0.0133. The lowest BCUT2D eigenvalue weighted by molar-refractivity contribution is 0.521. The second kappa shape index (κ2) is 7.23. The molecule has 7 nitrogen and oxygen atoms in total. The standard InChI is InChI=1S/C21H19N5O2S/c1-26(2)29(27,28)20-12-16(13-25-21(20)22)15-3-4-19-18(11-15)17(7-10-24-19)14-5-8-23-9-6-14/h3-13H,1-2H3,(H2,22,25). The third-order valence-electron chi connectivity index (χ3n) is 4.71. The van der Waals surface area contributed by atoms with Crippen molar-refractivity contribution in [2.24, 2.45) is 0 Å². The second-order valence-electron chi connectivity index (χ2n) is 6.72. The molecule has 146 valence electrons. The first-order valence-electron chi connectivity index (χ1n) is 8.85. The van der Waals surface area contributed by atoms with Crippen molar-refractivity contribution in [2.75, 3.05) is 19.8 Å². The van der Waals surface area contributed by atoms with Crippen LogP contribution in [0, 0.1) is 0 Å². The highest BCUT2D eigenvalue weighted by Gasteiger charge is 2.22. The lowest BCUT2D eigenvalue weighted by Gasteiger charge is -2.14. The number of nitrogen functional groups attached to an aromatic ring is 1. The molecule has 0 fully saturated rings. The molecule has 0 saturated heterocycles. The van der Waals surface area contributed by atoms with Gasteiger partial charge in [0.05, 0.1) is 5.52 Å². The van der Waals surface area contributed by atoms with E-state index in [4.69, 9.17) is 5.73 Å². The molecule has 29 heavy (non-hydrogen) atoms. The molecule has 8 heteroatoms. The normalized spacial score (nSPS) is 11.8. The molecule has 0 aliphatic heterocycles. The summed E-state index contributed by atoms with van der Waals surface area (Å²) < 4.78 is 26.3. The van der Waals surface area contributed by atoms with E-state index >= 15 is 0 Å². The molecule has 0 atom stereocenters. The van der Waals surface area contributed by atoms with E-state index in [0.717, 1.165) is 31.9 Å². The highest BCUT2D eigenvalue weighted by atomic mass is 32.2.